The zero-order valence-corrected chi connectivity index (χ0v) is 14.2. The second kappa shape index (κ2) is 6.14. The molecule has 2 aliphatic rings. The van der Waals surface area contributed by atoms with E-state index in [1.807, 2.05) is 36.4 Å². The molecule has 4 heteroatoms. The molecule has 124 valence electrons. The molecule has 0 atom stereocenters. The third-order valence-electron chi connectivity index (χ3n) is 5.10. The number of hydrogen-bond acceptors (Lipinski definition) is 2. The van der Waals surface area contributed by atoms with Crippen LogP contribution in [-0.2, 0) is 23.2 Å². The van der Waals surface area contributed by atoms with Crippen molar-refractivity contribution < 1.29 is 9.53 Å². The first-order valence-electron chi connectivity index (χ1n) is 8.46. The molecule has 0 unspecified atom stereocenters. The molecule has 0 spiro atoms. The Balaban J connectivity index is 1.47. The lowest BCUT2D eigenvalue weighted by molar-refractivity contribution is -0.123. The summed E-state index contributed by atoms with van der Waals surface area (Å²) in [5.41, 5.74) is 3.18. The molecule has 2 aromatic rings. The summed E-state index contributed by atoms with van der Waals surface area (Å²) in [5, 5.41) is 3.99. The maximum atomic E-state index is 12.6. The van der Waals surface area contributed by atoms with Crippen LogP contribution < -0.4 is 10.1 Å². The van der Waals surface area contributed by atoms with Crippen molar-refractivity contribution >= 4 is 17.5 Å². The van der Waals surface area contributed by atoms with Gasteiger partial charge in [0, 0.05) is 11.4 Å². The molecule has 0 radical (unpaired) electrons. The quantitative estimate of drug-likeness (QED) is 0.912. The molecule has 1 saturated carbocycles. The number of ether oxygens (including phenoxy) is 1. The highest BCUT2D eigenvalue weighted by Crippen LogP contribution is 2.41. The zero-order chi connectivity index (χ0) is 16.6. The average molecular weight is 342 g/mol. The van der Waals surface area contributed by atoms with E-state index in [0.717, 1.165) is 54.2 Å². The maximum Gasteiger partial charge on any atom is 0.225 e. The Morgan fingerprint density at radius 1 is 1.17 bits per heavy atom. The summed E-state index contributed by atoms with van der Waals surface area (Å²) in [4.78, 5) is 12.6. The highest BCUT2D eigenvalue weighted by atomic mass is 35.5. The molecule has 1 fully saturated rings. The molecule has 1 aliphatic heterocycles. The first-order chi connectivity index (χ1) is 11.6. The molecule has 4 rings (SSSR count). The smallest absolute Gasteiger partial charge is 0.225 e. The fraction of sp³-hybridized carbons (Fsp3) is 0.350. The number of carbonyl (C=O) groups excluding carboxylic acids is 1. The van der Waals surface area contributed by atoms with Gasteiger partial charge in [-0.3, -0.25) is 4.79 Å². The van der Waals surface area contributed by atoms with Crippen molar-refractivity contribution in [3.8, 4) is 5.75 Å². The number of fused-ring (bicyclic) bond motifs is 1. The van der Waals surface area contributed by atoms with Gasteiger partial charge in [-0.25, -0.2) is 0 Å². The molecule has 3 nitrogen and oxygen atoms in total. The number of benzene rings is 2. The molecule has 1 amide bonds. The minimum Gasteiger partial charge on any atom is -0.493 e. The summed E-state index contributed by atoms with van der Waals surface area (Å²) in [5.74, 6) is 1.03. The van der Waals surface area contributed by atoms with Crippen molar-refractivity contribution in [3.63, 3.8) is 0 Å². The van der Waals surface area contributed by atoms with E-state index in [2.05, 4.69) is 11.4 Å². The van der Waals surface area contributed by atoms with E-state index in [-0.39, 0.29) is 11.4 Å². The third kappa shape index (κ3) is 2.89. The van der Waals surface area contributed by atoms with Gasteiger partial charge in [-0.15, -0.1) is 0 Å². The Kier molecular flexibility index (Phi) is 3.97. The van der Waals surface area contributed by atoms with E-state index in [4.69, 9.17) is 16.3 Å². The van der Waals surface area contributed by atoms with Crippen LogP contribution in [0, 0.1) is 0 Å². The van der Waals surface area contributed by atoms with Crippen LogP contribution in [0.4, 0.5) is 0 Å². The fourth-order valence-corrected chi connectivity index (χ4v) is 3.76. The van der Waals surface area contributed by atoms with E-state index >= 15 is 0 Å². The lowest BCUT2D eigenvalue weighted by Gasteiger charge is -2.43. The Bertz CT molecular complexity index is 766. The van der Waals surface area contributed by atoms with E-state index in [9.17, 15) is 4.79 Å². The van der Waals surface area contributed by atoms with Crippen LogP contribution in [0.2, 0.25) is 5.02 Å². The van der Waals surface area contributed by atoms with Gasteiger partial charge in [0.1, 0.15) is 5.75 Å². The molecule has 1 heterocycles. The molecular weight excluding hydrogens is 322 g/mol. The van der Waals surface area contributed by atoms with Crippen molar-refractivity contribution in [1.82, 2.24) is 5.32 Å². The molecule has 0 bridgehead atoms. The molecule has 2 aromatic carbocycles. The van der Waals surface area contributed by atoms with Gasteiger partial charge < -0.3 is 10.1 Å². The molecule has 24 heavy (non-hydrogen) atoms. The van der Waals surface area contributed by atoms with Gasteiger partial charge in [-0.1, -0.05) is 35.9 Å². The lowest BCUT2D eigenvalue weighted by atomic mass is 9.71. The van der Waals surface area contributed by atoms with E-state index in [1.165, 1.54) is 5.56 Å². The highest BCUT2D eigenvalue weighted by Gasteiger charge is 2.39. The molecule has 1 aliphatic carbocycles. The number of rotatable bonds is 4. The van der Waals surface area contributed by atoms with Crippen LogP contribution in [0.1, 0.15) is 36.0 Å². The summed E-state index contributed by atoms with van der Waals surface area (Å²) in [6, 6.07) is 13.9. The Morgan fingerprint density at radius 2 is 1.96 bits per heavy atom. The molecular formula is C20H20ClNO2. The van der Waals surface area contributed by atoms with Gasteiger partial charge in [-0.05, 0) is 54.2 Å². The summed E-state index contributed by atoms with van der Waals surface area (Å²) in [6.45, 7) is 0.741. The number of halogens is 1. The van der Waals surface area contributed by atoms with Crippen LogP contribution in [0.15, 0.2) is 42.5 Å². The van der Waals surface area contributed by atoms with Gasteiger partial charge >= 0.3 is 0 Å². The van der Waals surface area contributed by atoms with Crippen molar-refractivity contribution in [2.24, 2.45) is 0 Å². The van der Waals surface area contributed by atoms with E-state index in [0.29, 0.717) is 6.42 Å². The largest absolute Gasteiger partial charge is 0.493 e. The van der Waals surface area contributed by atoms with Crippen molar-refractivity contribution in [2.45, 2.75) is 37.6 Å². The molecule has 1 N–H and O–H groups in total. The third-order valence-corrected chi connectivity index (χ3v) is 5.35. The standard InChI is InChI=1S/C20H20ClNO2/c21-17-5-3-16(4-6-17)20(9-1-10-20)22-19(23)13-14-2-7-18-15(12-14)8-11-24-18/h2-7,12H,1,8-11,13H2,(H,22,23). The SMILES string of the molecule is O=C(Cc1ccc2c(c1)CCO2)NC1(c2ccc(Cl)cc2)CCC1. The predicted molar refractivity (Wildman–Crippen MR) is 94.5 cm³/mol. The van der Waals surface area contributed by atoms with Gasteiger partial charge in [-0.2, -0.15) is 0 Å². The summed E-state index contributed by atoms with van der Waals surface area (Å²) >= 11 is 5.98. The summed E-state index contributed by atoms with van der Waals surface area (Å²) in [7, 11) is 0. The second-order valence-corrected chi connectivity index (χ2v) is 7.14. The summed E-state index contributed by atoms with van der Waals surface area (Å²) < 4.78 is 5.52. The minimum atomic E-state index is -0.221. The first-order valence-corrected chi connectivity index (χ1v) is 8.84. The van der Waals surface area contributed by atoms with Gasteiger partial charge in [0.05, 0.1) is 18.6 Å². The predicted octanol–water partition coefficient (Wildman–Crippen LogP) is 4.01. The van der Waals surface area contributed by atoms with E-state index < -0.39 is 0 Å². The van der Waals surface area contributed by atoms with Crippen LogP contribution >= 0.6 is 11.6 Å². The number of hydrogen-bond donors (Lipinski definition) is 1. The van der Waals surface area contributed by atoms with Crippen LogP contribution in [0.5, 0.6) is 5.75 Å². The Labute approximate surface area is 147 Å². The second-order valence-electron chi connectivity index (χ2n) is 6.71. The zero-order valence-electron chi connectivity index (χ0n) is 13.5. The average Bonchev–Trinajstić information content (AvgIpc) is 2.99. The minimum absolute atomic E-state index is 0.0727. The first kappa shape index (κ1) is 15.5. The van der Waals surface area contributed by atoms with Crippen molar-refractivity contribution in [2.75, 3.05) is 6.61 Å². The van der Waals surface area contributed by atoms with E-state index in [1.54, 1.807) is 0 Å². The normalized spacial score (nSPS) is 17.5. The summed E-state index contributed by atoms with van der Waals surface area (Å²) in [6.07, 6.45) is 4.44. The van der Waals surface area contributed by atoms with Crippen LogP contribution in [0.3, 0.4) is 0 Å². The molecule has 0 saturated heterocycles. The Hall–Kier alpha value is -2.00. The Morgan fingerprint density at radius 3 is 2.67 bits per heavy atom. The number of carbonyl (C=O) groups is 1. The van der Waals surface area contributed by atoms with Crippen molar-refractivity contribution in [1.29, 1.82) is 0 Å². The monoisotopic (exact) mass is 341 g/mol. The van der Waals surface area contributed by atoms with Crippen molar-refractivity contribution in [3.05, 3.63) is 64.2 Å². The molecule has 0 aromatic heterocycles. The van der Waals surface area contributed by atoms with Gasteiger partial charge in [0.15, 0.2) is 0 Å². The topological polar surface area (TPSA) is 38.3 Å². The van der Waals surface area contributed by atoms with Gasteiger partial charge in [0.2, 0.25) is 5.91 Å². The lowest BCUT2D eigenvalue weighted by Crippen LogP contribution is -2.51. The fourth-order valence-electron chi connectivity index (χ4n) is 3.63. The number of nitrogens with one attached hydrogen (secondary N) is 1. The van der Waals surface area contributed by atoms with Crippen LogP contribution in [0.25, 0.3) is 0 Å². The maximum absolute atomic E-state index is 12.6. The highest BCUT2D eigenvalue weighted by molar-refractivity contribution is 6.30. The van der Waals surface area contributed by atoms with Crippen LogP contribution in [-0.4, -0.2) is 12.5 Å². The number of amides is 1. The van der Waals surface area contributed by atoms with Gasteiger partial charge in [0.25, 0.3) is 0 Å².